The van der Waals surface area contributed by atoms with Gasteiger partial charge in [0.1, 0.15) is 0 Å². The molecule has 1 aliphatic carbocycles. The van der Waals surface area contributed by atoms with Crippen LogP contribution < -0.4 is 5.73 Å². The fourth-order valence-electron chi connectivity index (χ4n) is 3.08. The number of hydrogen-bond donors (Lipinski definition) is 1. The fraction of sp³-hybridized carbons (Fsp3) is 0.625. The van der Waals surface area contributed by atoms with Crippen molar-refractivity contribution in [3.63, 3.8) is 0 Å². The number of benzene rings is 1. The van der Waals surface area contributed by atoms with E-state index < -0.39 is 11.7 Å². The summed E-state index contributed by atoms with van der Waals surface area (Å²) in [5.41, 5.74) is 6.45. The van der Waals surface area contributed by atoms with E-state index in [-0.39, 0.29) is 6.04 Å². The highest BCUT2D eigenvalue weighted by molar-refractivity contribution is 5.27. The van der Waals surface area contributed by atoms with Gasteiger partial charge in [0.25, 0.3) is 0 Å². The minimum atomic E-state index is -4.28. The molecule has 0 amide bonds. The molecule has 0 spiro atoms. The van der Waals surface area contributed by atoms with E-state index in [0.717, 1.165) is 37.0 Å². The molecule has 2 rings (SSSR count). The van der Waals surface area contributed by atoms with Gasteiger partial charge in [0, 0.05) is 6.04 Å². The molecule has 1 aromatic rings. The zero-order valence-corrected chi connectivity index (χ0v) is 12.0. The molecule has 2 N–H and O–H groups in total. The maximum atomic E-state index is 12.5. The zero-order valence-electron chi connectivity index (χ0n) is 12.0. The molecule has 0 aromatic heterocycles. The van der Waals surface area contributed by atoms with Crippen molar-refractivity contribution >= 4 is 0 Å². The normalized spacial score (nSPS) is 29.2. The van der Waals surface area contributed by atoms with Crippen molar-refractivity contribution < 1.29 is 13.2 Å². The number of nitrogens with two attached hydrogens (primary N) is 1. The van der Waals surface area contributed by atoms with Crippen LogP contribution in [0.2, 0.25) is 0 Å². The molecule has 0 saturated heterocycles. The highest BCUT2D eigenvalue weighted by atomic mass is 19.4. The Morgan fingerprint density at radius 2 is 1.65 bits per heavy atom. The lowest BCUT2D eigenvalue weighted by molar-refractivity contribution is -0.137. The molecule has 1 aromatic carbocycles. The molecule has 1 nitrogen and oxygen atoms in total. The van der Waals surface area contributed by atoms with Crippen molar-refractivity contribution in [1.29, 1.82) is 0 Å². The van der Waals surface area contributed by atoms with E-state index in [2.05, 4.69) is 13.8 Å². The predicted octanol–water partition coefficient (Wildman–Crippen LogP) is 4.78. The first-order chi connectivity index (χ1) is 9.29. The summed E-state index contributed by atoms with van der Waals surface area (Å²) in [6, 6.07) is 5.15. The number of alkyl halides is 3. The van der Waals surface area contributed by atoms with Gasteiger partial charge in [0.15, 0.2) is 0 Å². The second kappa shape index (κ2) is 5.76. The topological polar surface area (TPSA) is 26.0 Å². The van der Waals surface area contributed by atoms with Crippen LogP contribution in [-0.2, 0) is 6.18 Å². The van der Waals surface area contributed by atoms with Gasteiger partial charge in [-0.25, -0.2) is 0 Å². The Morgan fingerprint density at radius 1 is 1.05 bits per heavy atom. The maximum Gasteiger partial charge on any atom is 0.416 e. The SMILES string of the molecule is CC1CCC(C(N)c2ccc(C(F)(F)F)cc2)CC1C. The van der Waals surface area contributed by atoms with Crippen LogP contribution >= 0.6 is 0 Å². The van der Waals surface area contributed by atoms with Gasteiger partial charge in [-0.15, -0.1) is 0 Å². The van der Waals surface area contributed by atoms with Gasteiger partial charge >= 0.3 is 6.18 Å². The van der Waals surface area contributed by atoms with E-state index in [0.29, 0.717) is 17.8 Å². The summed E-state index contributed by atoms with van der Waals surface area (Å²) in [7, 11) is 0. The molecule has 0 bridgehead atoms. The number of hydrogen-bond acceptors (Lipinski definition) is 1. The Hall–Kier alpha value is -1.03. The third kappa shape index (κ3) is 3.35. The molecule has 4 atom stereocenters. The van der Waals surface area contributed by atoms with E-state index in [4.69, 9.17) is 5.73 Å². The first kappa shape index (κ1) is 15.4. The summed E-state index contributed by atoms with van der Waals surface area (Å²) in [6.07, 6.45) is -1.01. The fourth-order valence-corrected chi connectivity index (χ4v) is 3.08. The van der Waals surface area contributed by atoms with E-state index in [1.54, 1.807) is 0 Å². The van der Waals surface area contributed by atoms with Crippen molar-refractivity contribution in [1.82, 2.24) is 0 Å². The Balaban J connectivity index is 2.08. The molecular formula is C16H22F3N. The smallest absolute Gasteiger partial charge is 0.324 e. The predicted molar refractivity (Wildman–Crippen MR) is 74.0 cm³/mol. The molecule has 112 valence electrons. The second-order valence-electron chi connectivity index (χ2n) is 6.17. The van der Waals surface area contributed by atoms with Crippen molar-refractivity contribution in [2.24, 2.45) is 23.5 Å². The van der Waals surface area contributed by atoms with Crippen molar-refractivity contribution in [3.8, 4) is 0 Å². The molecule has 1 saturated carbocycles. The van der Waals surface area contributed by atoms with Crippen LogP contribution in [0.5, 0.6) is 0 Å². The standard InChI is InChI=1S/C16H22F3N/c1-10-3-4-13(9-11(10)2)15(20)12-5-7-14(8-6-12)16(17,18)19/h5-8,10-11,13,15H,3-4,9,20H2,1-2H3. The molecule has 0 radical (unpaired) electrons. The Kier molecular flexibility index (Phi) is 4.43. The number of halogens is 3. The van der Waals surface area contributed by atoms with Crippen LogP contribution in [0.4, 0.5) is 13.2 Å². The van der Waals surface area contributed by atoms with Crippen LogP contribution in [-0.4, -0.2) is 0 Å². The first-order valence-corrected chi connectivity index (χ1v) is 7.21. The van der Waals surface area contributed by atoms with Crippen molar-refractivity contribution in [3.05, 3.63) is 35.4 Å². The lowest BCUT2D eigenvalue weighted by Crippen LogP contribution is -2.29. The molecule has 1 fully saturated rings. The summed E-state index contributed by atoms with van der Waals surface area (Å²) >= 11 is 0. The third-order valence-corrected chi connectivity index (χ3v) is 4.77. The van der Waals surface area contributed by atoms with Gasteiger partial charge in [-0.3, -0.25) is 0 Å². The Bertz CT molecular complexity index is 438. The van der Waals surface area contributed by atoms with Crippen LogP contribution in [0.15, 0.2) is 24.3 Å². The van der Waals surface area contributed by atoms with Gasteiger partial charge in [0.05, 0.1) is 5.56 Å². The average Bonchev–Trinajstić information content (AvgIpc) is 2.40. The lowest BCUT2D eigenvalue weighted by Gasteiger charge is -2.35. The molecule has 0 aliphatic heterocycles. The maximum absolute atomic E-state index is 12.5. The Labute approximate surface area is 118 Å². The van der Waals surface area contributed by atoms with Gasteiger partial charge in [-0.2, -0.15) is 13.2 Å². The summed E-state index contributed by atoms with van der Waals surface area (Å²) in [4.78, 5) is 0. The van der Waals surface area contributed by atoms with Gasteiger partial charge in [0.2, 0.25) is 0 Å². The van der Waals surface area contributed by atoms with Crippen molar-refractivity contribution in [2.75, 3.05) is 0 Å². The molecule has 1 aliphatic rings. The highest BCUT2D eigenvalue weighted by Crippen LogP contribution is 2.39. The van der Waals surface area contributed by atoms with Gasteiger partial charge in [-0.1, -0.05) is 32.4 Å². The molecule has 4 heteroatoms. The summed E-state index contributed by atoms with van der Waals surface area (Å²) in [6.45, 7) is 4.49. The van der Waals surface area contributed by atoms with Crippen LogP contribution in [0, 0.1) is 17.8 Å². The minimum Gasteiger partial charge on any atom is -0.324 e. The Morgan fingerprint density at radius 3 is 2.15 bits per heavy atom. The first-order valence-electron chi connectivity index (χ1n) is 7.21. The average molecular weight is 285 g/mol. The minimum absolute atomic E-state index is 0.160. The monoisotopic (exact) mass is 285 g/mol. The summed E-state index contributed by atoms with van der Waals surface area (Å²) < 4.78 is 37.6. The van der Waals surface area contributed by atoms with E-state index >= 15 is 0 Å². The molecular weight excluding hydrogens is 263 g/mol. The van der Waals surface area contributed by atoms with Crippen LogP contribution in [0.3, 0.4) is 0 Å². The summed E-state index contributed by atoms with van der Waals surface area (Å²) in [5, 5.41) is 0. The van der Waals surface area contributed by atoms with E-state index in [1.165, 1.54) is 12.1 Å². The highest BCUT2D eigenvalue weighted by Gasteiger charge is 2.32. The van der Waals surface area contributed by atoms with Crippen LogP contribution in [0.1, 0.15) is 50.3 Å². The lowest BCUT2D eigenvalue weighted by atomic mass is 9.72. The van der Waals surface area contributed by atoms with Gasteiger partial charge < -0.3 is 5.73 Å². The largest absolute Gasteiger partial charge is 0.416 e. The zero-order chi connectivity index (χ0) is 14.9. The number of rotatable bonds is 2. The summed E-state index contributed by atoms with van der Waals surface area (Å²) in [5.74, 6) is 1.72. The quantitative estimate of drug-likeness (QED) is 0.831. The van der Waals surface area contributed by atoms with Crippen molar-refractivity contribution in [2.45, 2.75) is 45.3 Å². The van der Waals surface area contributed by atoms with E-state index in [1.807, 2.05) is 0 Å². The molecule has 20 heavy (non-hydrogen) atoms. The second-order valence-corrected chi connectivity index (χ2v) is 6.17. The van der Waals surface area contributed by atoms with E-state index in [9.17, 15) is 13.2 Å². The van der Waals surface area contributed by atoms with Gasteiger partial charge in [-0.05, 0) is 48.3 Å². The molecule has 0 heterocycles. The van der Waals surface area contributed by atoms with Crippen LogP contribution in [0.25, 0.3) is 0 Å². The molecule has 4 unspecified atom stereocenters. The third-order valence-electron chi connectivity index (χ3n) is 4.77.